The topological polar surface area (TPSA) is 79.3 Å². The van der Waals surface area contributed by atoms with Crippen molar-refractivity contribution < 1.29 is 9.15 Å². The first-order valence-corrected chi connectivity index (χ1v) is 11.7. The molecule has 5 aromatic rings. The molecule has 3 aromatic heterocycles. The zero-order chi connectivity index (χ0) is 24.9. The molecule has 178 valence electrons. The van der Waals surface area contributed by atoms with Gasteiger partial charge < -0.3 is 9.15 Å². The number of ether oxygens (including phenoxy) is 1. The third-order valence-electron chi connectivity index (χ3n) is 6.20. The number of hydrogen-bond acceptors (Lipinski definition) is 5. The van der Waals surface area contributed by atoms with Crippen LogP contribution in [0, 0.1) is 20.8 Å². The van der Waals surface area contributed by atoms with Crippen molar-refractivity contribution in [3.8, 4) is 11.4 Å². The van der Waals surface area contributed by atoms with Crippen LogP contribution in [0.3, 0.4) is 0 Å². The van der Waals surface area contributed by atoms with Crippen molar-refractivity contribution in [2.75, 3.05) is 6.61 Å². The molecule has 0 unspecified atom stereocenters. The molecule has 2 aromatic carbocycles. The van der Waals surface area contributed by atoms with E-state index < -0.39 is 5.63 Å². The number of aryl methyl sites for hydroxylation is 2. The zero-order valence-corrected chi connectivity index (χ0v) is 20.6. The van der Waals surface area contributed by atoms with E-state index in [9.17, 15) is 9.59 Å². The first-order chi connectivity index (χ1) is 16.8. The molecule has 35 heavy (non-hydrogen) atoms. The maximum atomic E-state index is 13.4. The van der Waals surface area contributed by atoms with Crippen molar-refractivity contribution >= 4 is 33.6 Å². The Morgan fingerprint density at radius 1 is 1.06 bits per heavy atom. The molecule has 0 radical (unpaired) electrons. The largest absolute Gasteiger partial charge is 0.494 e. The normalized spacial score (nSPS) is 11.5. The van der Waals surface area contributed by atoms with Gasteiger partial charge in [0.15, 0.2) is 0 Å². The number of rotatable bonds is 5. The Hall–Kier alpha value is -3.84. The highest BCUT2D eigenvalue weighted by Crippen LogP contribution is 2.29. The van der Waals surface area contributed by atoms with Crippen molar-refractivity contribution in [3.05, 3.63) is 96.7 Å². The van der Waals surface area contributed by atoms with Crippen LogP contribution in [-0.2, 0) is 6.54 Å². The number of hydrogen-bond donors (Lipinski definition) is 0. The lowest BCUT2D eigenvalue weighted by molar-refractivity contribution is 0.340. The third-order valence-corrected chi connectivity index (χ3v) is 6.61. The van der Waals surface area contributed by atoms with Crippen molar-refractivity contribution in [1.29, 1.82) is 0 Å². The van der Waals surface area contributed by atoms with E-state index in [0.717, 1.165) is 27.9 Å². The molecule has 0 aliphatic carbocycles. The van der Waals surface area contributed by atoms with E-state index in [1.54, 1.807) is 27.4 Å². The van der Waals surface area contributed by atoms with Gasteiger partial charge in [0, 0.05) is 27.9 Å². The van der Waals surface area contributed by atoms with Gasteiger partial charge in [-0.15, -0.1) is 0 Å². The minimum absolute atomic E-state index is 0.151. The fraction of sp³-hybridized carbons (Fsp3) is 0.222. The average molecular weight is 490 g/mol. The lowest BCUT2D eigenvalue weighted by Crippen LogP contribution is -2.23. The lowest BCUT2D eigenvalue weighted by Gasteiger charge is -2.15. The van der Waals surface area contributed by atoms with Gasteiger partial charge in [-0.25, -0.2) is 9.48 Å². The van der Waals surface area contributed by atoms with Crippen LogP contribution in [0.1, 0.15) is 29.3 Å². The van der Waals surface area contributed by atoms with E-state index in [-0.39, 0.29) is 12.1 Å². The predicted octanol–water partition coefficient (Wildman–Crippen LogP) is 5.32. The molecule has 0 bridgehead atoms. The minimum atomic E-state index is -0.483. The standard InChI is InChI=1S/C27H24ClN3O4/c1-5-34-19-9-10-23-20(13-19)18(12-25(33)35-23)14-30-24(32)11-15(2)26-17(4)29-31(27(26)30)22-8-6-7-21(28)16(22)3/h6-13H,5,14H2,1-4H3. The predicted molar refractivity (Wildman–Crippen MR) is 137 cm³/mol. The molecule has 0 saturated heterocycles. The Labute approximate surface area is 206 Å². The van der Waals surface area contributed by atoms with Gasteiger partial charge in [0.05, 0.1) is 24.5 Å². The molecule has 0 aliphatic rings. The maximum Gasteiger partial charge on any atom is 0.336 e. The van der Waals surface area contributed by atoms with Gasteiger partial charge in [-0.05, 0) is 74.7 Å². The molecule has 8 heteroatoms. The number of pyridine rings is 1. The zero-order valence-electron chi connectivity index (χ0n) is 19.9. The summed E-state index contributed by atoms with van der Waals surface area (Å²) in [4.78, 5) is 25.7. The summed E-state index contributed by atoms with van der Waals surface area (Å²) in [5.74, 6) is 0.659. The van der Waals surface area contributed by atoms with Gasteiger partial charge >= 0.3 is 5.63 Å². The highest BCUT2D eigenvalue weighted by atomic mass is 35.5. The van der Waals surface area contributed by atoms with Crippen molar-refractivity contribution in [2.24, 2.45) is 0 Å². The summed E-state index contributed by atoms with van der Waals surface area (Å²) in [6, 6.07) is 13.9. The number of aromatic nitrogens is 3. The number of benzene rings is 2. The van der Waals surface area contributed by atoms with Gasteiger partial charge in [0.2, 0.25) is 0 Å². The van der Waals surface area contributed by atoms with E-state index in [2.05, 4.69) is 0 Å². The Morgan fingerprint density at radius 2 is 1.86 bits per heavy atom. The summed E-state index contributed by atoms with van der Waals surface area (Å²) < 4.78 is 14.5. The lowest BCUT2D eigenvalue weighted by atomic mass is 10.1. The fourth-order valence-electron chi connectivity index (χ4n) is 4.58. The monoisotopic (exact) mass is 489 g/mol. The summed E-state index contributed by atoms with van der Waals surface area (Å²) in [6.45, 7) is 8.30. The van der Waals surface area contributed by atoms with Gasteiger partial charge in [0.1, 0.15) is 17.0 Å². The number of fused-ring (bicyclic) bond motifs is 2. The molecule has 0 fully saturated rings. The number of nitrogens with zero attached hydrogens (tertiary/aromatic N) is 3. The van der Waals surface area contributed by atoms with E-state index in [1.165, 1.54) is 6.07 Å². The minimum Gasteiger partial charge on any atom is -0.494 e. The van der Waals surface area contributed by atoms with Crippen molar-refractivity contribution in [3.63, 3.8) is 0 Å². The van der Waals surface area contributed by atoms with Crippen LogP contribution in [0.5, 0.6) is 5.75 Å². The summed E-state index contributed by atoms with van der Waals surface area (Å²) in [5, 5.41) is 6.98. The third kappa shape index (κ3) is 3.91. The highest BCUT2D eigenvalue weighted by Gasteiger charge is 2.20. The number of halogens is 1. The molecular weight excluding hydrogens is 466 g/mol. The Balaban J connectivity index is 1.81. The summed E-state index contributed by atoms with van der Waals surface area (Å²) >= 11 is 6.41. The highest BCUT2D eigenvalue weighted by molar-refractivity contribution is 6.31. The van der Waals surface area contributed by atoms with Gasteiger partial charge in [-0.3, -0.25) is 9.36 Å². The molecule has 0 N–H and O–H groups in total. The molecule has 7 nitrogen and oxygen atoms in total. The summed E-state index contributed by atoms with van der Waals surface area (Å²) in [5.41, 5.74) is 4.31. The molecule has 0 amide bonds. The van der Waals surface area contributed by atoms with Crippen LogP contribution in [0.2, 0.25) is 5.02 Å². The Morgan fingerprint density at radius 3 is 2.63 bits per heavy atom. The smallest absolute Gasteiger partial charge is 0.336 e. The maximum absolute atomic E-state index is 13.4. The molecule has 5 rings (SSSR count). The Bertz CT molecular complexity index is 1730. The molecule has 3 heterocycles. The van der Waals surface area contributed by atoms with Crippen LogP contribution < -0.4 is 15.9 Å². The van der Waals surface area contributed by atoms with Crippen LogP contribution in [0.25, 0.3) is 27.7 Å². The van der Waals surface area contributed by atoms with Crippen LogP contribution in [0.4, 0.5) is 0 Å². The van der Waals surface area contributed by atoms with Gasteiger partial charge in [-0.2, -0.15) is 5.10 Å². The second kappa shape index (κ2) is 8.74. The average Bonchev–Trinajstić information content (AvgIpc) is 3.16. The molecule has 0 saturated carbocycles. The van der Waals surface area contributed by atoms with Gasteiger partial charge in [0.25, 0.3) is 5.56 Å². The van der Waals surface area contributed by atoms with Crippen molar-refractivity contribution in [1.82, 2.24) is 14.3 Å². The van der Waals surface area contributed by atoms with E-state index >= 15 is 0 Å². The molecular formula is C27H24ClN3O4. The SMILES string of the molecule is CCOc1ccc2oc(=O)cc(Cn3c(=O)cc(C)c4c(C)nn(-c5cccc(Cl)c5C)c43)c2c1. The Kier molecular flexibility index (Phi) is 5.73. The summed E-state index contributed by atoms with van der Waals surface area (Å²) in [6.07, 6.45) is 0. The quantitative estimate of drug-likeness (QED) is 0.312. The van der Waals surface area contributed by atoms with Crippen LogP contribution >= 0.6 is 11.6 Å². The summed E-state index contributed by atoms with van der Waals surface area (Å²) in [7, 11) is 0. The van der Waals surface area contributed by atoms with Gasteiger partial charge in [-0.1, -0.05) is 17.7 Å². The molecule has 0 spiro atoms. The second-order valence-corrected chi connectivity index (χ2v) is 8.92. The van der Waals surface area contributed by atoms with E-state index in [1.807, 2.05) is 52.0 Å². The fourth-order valence-corrected chi connectivity index (χ4v) is 4.75. The van der Waals surface area contributed by atoms with E-state index in [4.69, 9.17) is 25.9 Å². The van der Waals surface area contributed by atoms with Crippen LogP contribution in [0.15, 0.2) is 62.5 Å². The van der Waals surface area contributed by atoms with E-state index in [0.29, 0.717) is 39.6 Å². The van der Waals surface area contributed by atoms with Crippen LogP contribution in [-0.4, -0.2) is 21.0 Å². The molecule has 0 aliphatic heterocycles. The van der Waals surface area contributed by atoms with Crippen molar-refractivity contribution in [2.45, 2.75) is 34.2 Å². The molecule has 0 atom stereocenters. The second-order valence-electron chi connectivity index (χ2n) is 8.51. The first kappa shape index (κ1) is 22.9. The first-order valence-electron chi connectivity index (χ1n) is 11.3.